The third-order valence-electron chi connectivity index (χ3n) is 0.400. The van der Waals surface area contributed by atoms with Gasteiger partial charge in [-0.25, -0.2) is 0 Å². The highest BCUT2D eigenvalue weighted by Gasteiger charge is 1.98. The summed E-state index contributed by atoms with van der Waals surface area (Å²) in [5, 5.41) is 7.86. The Morgan fingerprint density at radius 1 is 0.800 bits per heavy atom. The van der Waals surface area contributed by atoms with Gasteiger partial charge in [0.2, 0.25) is 0 Å². The number of ketones is 3. The minimum Gasteiger partial charge on any atom is -0.481 e. The van der Waals surface area contributed by atoms with Gasteiger partial charge in [0.05, 0.1) is 0 Å². The van der Waals surface area contributed by atoms with Crippen molar-refractivity contribution in [3.05, 3.63) is 0 Å². The second-order valence-electron chi connectivity index (χ2n) is 3.09. The van der Waals surface area contributed by atoms with E-state index in [1.54, 1.807) is 0 Å². The molecule has 0 aromatic heterocycles. The molecule has 0 spiro atoms. The number of carboxylic acids is 1. The van der Waals surface area contributed by atoms with Crippen molar-refractivity contribution in [1.82, 2.24) is 0 Å². The van der Waals surface area contributed by atoms with Crippen LogP contribution in [0.1, 0.15) is 41.0 Å². The molecule has 5 nitrogen and oxygen atoms in total. The fourth-order valence-corrected chi connectivity index (χ4v) is 0.213. The van der Waals surface area contributed by atoms with E-state index in [-0.39, 0.29) is 23.8 Å². The van der Waals surface area contributed by atoms with Crippen LogP contribution in [0.4, 0.5) is 0 Å². The van der Waals surface area contributed by atoms with Crippen molar-refractivity contribution < 1.29 is 24.3 Å². The quantitative estimate of drug-likeness (QED) is 0.704. The lowest BCUT2D eigenvalue weighted by Crippen LogP contribution is -2.00. The number of Topliss-reactive ketones (excluding diaryl/α,β-unsaturated/α-hetero) is 3. The van der Waals surface area contributed by atoms with Crippen LogP contribution < -0.4 is 0 Å². The van der Waals surface area contributed by atoms with Crippen molar-refractivity contribution in [2.45, 2.75) is 41.0 Å². The van der Waals surface area contributed by atoms with Gasteiger partial charge in [0.25, 0.3) is 0 Å². The third-order valence-corrected chi connectivity index (χ3v) is 0.400. The molecule has 0 radical (unpaired) electrons. The van der Waals surface area contributed by atoms with Crippen LogP contribution >= 0.6 is 0 Å². The Balaban J connectivity index is -0.000000155. The van der Waals surface area contributed by atoms with Gasteiger partial charge in [-0.05, 0) is 34.6 Å². The largest absolute Gasteiger partial charge is 0.481 e. The number of hydrogen-bond acceptors (Lipinski definition) is 4. The second kappa shape index (κ2) is 12.5. The van der Waals surface area contributed by atoms with E-state index in [0.29, 0.717) is 0 Å². The van der Waals surface area contributed by atoms with Gasteiger partial charge < -0.3 is 14.7 Å². The fourth-order valence-electron chi connectivity index (χ4n) is 0.213. The SMILES string of the molecule is CC(=O)CC(=O)O.CC(C)=O.CC(C)=O. The van der Waals surface area contributed by atoms with Crippen molar-refractivity contribution in [2.75, 3.05) is 0 Å². The Bertz CT molecular complexity index is 198. The monoisotopic (exact) mass is 218 g/mol. The van der Waals surface area contributed by atoms with Crippen molar-refractivity contribution in [3.8, 4) is 0 Å². The topological polar surface area (TPSA) is 88.5 Å². The number of carbonyl (C=O) groups is 4. The lowest BCUT2D eigenvalue weighted by atomic mass is 10.3. The van der Waals surface area contributed by atoms with Gasteiger partial charge in [0, 0.05) is 0 Å². The number of rotatable bonds is 2. The van der Waals surface area contributed by atoms with Gasteiger partial charge in [0.1, 0.15) is 23.8 Å². The summed E-state index contributed by atoms with van der Waals surface area (Å²) in [4.78, 5) is 38.4. The lowest BCUT2D eigenvalue weighted by Gasteiger charge is -1.80. The van der Waals surface area contributed by atoms with Crippen LogP contribution in [-0.4, -0.2) is 28.4 Å². The lowest BCUT2D eigenvalue weighted by molar-refractivity contribution is -0.139. The Morgan fingerprint density at radius 3 is 1.00 bits per heavy atom. The molecule has 0 rings (SSSR count). The predicted molar refractivity (Wildman–Crippen MR) is 55.6 cm³/mol. The zero-order valence-electron chi connectivity index (χ0n) is 9.79. The summed E-state index contributed by atoms with van der Waals surface area (Å²) in [6.45, 7) is 7.36. The first-order valence-electron chi connectivity index (χ1n) is 4.25. The molecule has 0 aliphatic heterocycles. The Morgan fingerprint density at radius 2 is 1.00 bits per heavy atom. The number of carboxylic acid groups (broad SMARTS) is 1. The molecule has 88 valence electrons. The summed E-state index contributed by atoms with van der Waals surface area (Å²) in [6.07, 6.45) is -0.361. The molecule has 0 atom stereocenters. The molecule has 0 aliphatic rings. The molecule has 0 unspecified atom stereocenters. The molecule has 0 aromatic rings. The first-order valence-corrected chi connectivity index (χ1v) is 4.25. The molecule has 0 saturated carbocycles. The van der Waals surface area contributed by atoms with E-state index in [0.717, 1.165) is 0 Å². The van der Waals surface area contributed by atoms with Gasteiger partial charge in [-0.2, -0.15) is 0 Å². The first kappa shape index (κ1) is 19.1. The van der Waals surface area contributed by atoms with Crippen LogP contribution in [0.2, 0.25) is 0 Å². The van der Waals surface area contributed by atoms with Crippen LogP contribution in [0.25, 0.3) is 0 Å². The summed E-state index contributed by atoms with van der Waals surface area (Å²) < 4.78 is 0. The normalized spacial score (nSPS) is 7.27. The third kappa shape index (κ3) is 223. The molecule has 0 amide bonds. The summed E-state index contributed by atoms with van der Waals surface area (Å²) in [7, 11) is 0. The second-order valence-corrected chi connectivity index (χ2v) is 3.09. The molecule has 5 heteroatoms. The average Bonchev–Trinajstić information content (AvgIpc) is 1.78. The van der Waals surface area contributed by atoms with Crippen molar-refractivity contribution in [2.24, 2.45) is 0 Å². The highest BCUT2D eigenvalue weighted by molar-refractivity contribution is 5.93. The molecule has 15 heavy (non-hydrogen) atoms. The number of carbonyl (C=O) groups excluding carboxylic acids is 3. The van der Waals surface area contributed by atoms with Gasteiger partial charge in [0.15, 0.2) is 0 Å². The van der Waals surface area contributed by atoms with Crippen molar-refractivity contribution in [3.63, 3.8) is 0 Å². The first-order chi connectivity index (χ1) is 6.59. The molecule has 0 aromatic carbocycles. The van der Waals surface area contributed by atoms with Gasteiger partial charge in [-0.15, -0.1) is 0 Å². The Hall–Kier alpha value is -1.52. The molecular weight excluding hydrogens is 200 g/mol. The minimum atomic E-state index is -1.06. The van der Waals surface area contributed by atoms with Gasteiger partial charge in [-0.3, -0.25) is 9.59 Å². The standard InChI is InChI=1S/C4H6O3.2C3H6O/c1-3(5)2-4(6)7;2*1-3(2)4/h2H2,1H3,(H,6,7);2*1-2H3. The summed E-state index contributed by atoms with van der Waals surface area (Å²) in [6, 6.07) is 0. The zero-order valence-corrected chi connectivity index (χ0v) is 9.79. The number of aliphatic carboxylic acids is 1. The van der Waals surface area contributed by atoms with E-state index < -0.39 is 5.97 Å². The molecule has 0 fully saturated rings. The van der Waals surface area contributed by atoms with E-state index in [1.165, 1.54) is 34.6 Å². The van der Waals surface area contributed by atoms with Gasteiger partial charge in [-0.1, -0.05) is 0 Å². The molecule has 0 aliphatic carbocycles. The molecule has 0 bridgehead atoms. The van der Waals surface area contributed by atoms with E-state index >= 15 is 0 Å². The van der Waals surface area contributed by atoms with E-state index in [2.05, 4.69) is 0 Å². The maximum atomic E-state index is 9.87. The zero-order chi connectivity index (χ0) is 13.0. The summed E-state index contributed by atoms with van der Waals surface area (Å²) in [5.74, 6) is -1.04. The van der Waals surface area contributed by atoms with Crippen LogP contribution in [0, 0.1) is 0 Å². The molecule has 0 heterocycles. The summed E-state index contributed by atoms with van der Waals surface area (Å²) in [5.41, 5.74) is 0. The Kier molecular flexibility index (Phi) is 15.9. The minimum absolute atomic E-state index is 0.167. The Labute approximate surface area is 89.5 Å². The fraction of sp³-hybridized carbons (Fsp3) is 0.600. The average molecular weight is 218 g/mol. The van der Waals surface area contributed by atoms with Gasteiger partial charge >= 0.3 is 5.97 Å². The highest BCUT2D eigenvalue weighted by atomic mass is 16.4. The van der Waals surface area contributed by atoms with E-state index in [4.69, 9.17) is 5.11 Å². The van der Waals surface area contributed by atoms with Crippen LogP contribution in [0.15, 0.2) is 0 Å². The molecule has 1 N–H and O–H groups in total. The summed E-state index contributed by atoms with van der Waals surface area (Å²) >= 11 is 0. The number of hydrogen-bond donors (Lipinski definition) is 1. The highest BCUT2D eigenvalue weighted by Crippen LogP contribution is 1.77. The smallest absolute Gasteiger partial charge is 0.310 e. The molecule has 0 saturated heterocycles. The van der Waals surface area contributed by atoms with Crippen LogP contribution in [-0.2, 0) is 19.2 Å². The van der Waals surface area contributed by atoms with E-state index in [1.807, 2.05) is 0 Å². The van der Waals surface area contributed by atoms with Crippen LogP contribution in [0.3, 0.4) is 0 Å². The van der Waals surface area contributed by atoms with Crippen molar-refractivity contribution >= 4 is 23.3 Å². The van der Waals surface area contributed by atoms with E-state index in [9.17, 15) is 19.2 Å². The maximum Gasteiger partial charge on any atom is 0.310 e. The molecular formula is C10H18O5. The predicted octanol–water partition coefficient (Wildman–Crippen LogP) is 1.24. The van der Waals surface area contributed by atoms with Crippen molar-refractivity contribution in [1.29, 1.82) is 0 Å². The maximum absolute atomic E-state index is 9.87. The van der Waals surface area contributed by atoms with Crippen LogP contribution in [0.5, 0.6) is 0 Å².